The van der Waals surface area contributed by atoms with Gasteiger partial charge in [-0.05, 0) is 37.6 Å². The fourth-order valence-corrected chi connectivity index (χ4v) is 2.85. The Morgan fingerprint density at radius 2 is 1.47 bits per heavy atom. The van der Waals surface area contributed by atoms with E-state index in [1.165, 1.54) is 21.3 Å². The van der Waals surface area contributed by atoms with E-state index in [-0.39, 0.29) is 31.5 Å². The molecule has 2 amide bonds. The van der Waals surface area contributed by atoms with Crippen LogP contribution < -0.4 is 29.6 Å². The Morgan fingerprint density at radius 3 is 2.03 bits per heavy atom. The molecule has 0 aliphatic rings. The van der Waals surface area contributed by atoms with E-state index in [0.29, 0.717) is 28.6 Å². The van der Waals surface area contributed by atoms with E-state index in [2.05, 4.69) is 10.6 Å². The summed E-state index contributed by atoms with van der Waals surface area (Å²) in [6.07, 6.45) is 0. The third kappa shape index (κ3) is 6.04. The molecule has 2 aromatic rings. The highest BCUT2D eigenvalue weighted by atomic mass is 16.5. The molecule has 2 aromatic carbocycles. The molecule has 8 nitrogen and oxygen atoms in total. The first kappa shape index (κ1) is 22.9. The van der Waals surface area contributed by atoms with Crippen molar-refractivity contribution >= 4 is 11.8 Å². The molecule has 0 saturated carbocycles. The maximum absolute atomic E-state index is 12.4. The lowest BCUT2D eigenvalue weighted by Crippen LogP contribution is -2.36. The highest BCUT2D eigenvalue weighted by Crippen LogP contribution is 2.38. The average molecular weight is 416 g/mol. The molecule has 0 atom stereocenters. The van der Waals surface area contributed by atoms with Gasteiger partial charge in [-0.2, -0.15) is 0 Å². The van der Waals surface area contributed by atoms with Gasteiger partial charge in [-0.1, -0.05) is 17.7 Å². The van der Waals surface area contributed by atoms with Crippen LogP contribution in [0.5, 0.6) is 23.0 Å². The summed E-state index contributed by atoms with van der Waals surface area (Å²) in [6, 6.07) is 8.89. The van der Waals surface area contributed by atoms with Gasteiger partial charge in [0.2, 0.25) is 5.75 Å². The minimum Gasteiger partial charge on any atom is -0.493 e. The summed E-state index contributed by atoms with van der Waals surface area (Å²) in [5.74, 6) is 1.27. The largest absolute Gasteiger partial charge is 0.493 e. The number of methoxy groups -OCH3 is 3. The molecule has 0 unspecified atom stereocenters. The fourth-order valence-electron chi connectivity index (χ4n) is 2.85. The van der Waals surface area contributed by atoms with Crippen LogP contribution in [0.15, 0.2) is 30.3 Å². The van der Waals surface area contributed by atoms with Crippen LogP contribution in [0.2, 0.25) is 0 Å². The van der Waals surface area contributed by atoms with E-state index >= 15 is 0 Å². The van der Waals surface area contributed by atoms with Crippen molar-refractivity contribution in [2.75, 3.05) is 41.0 Å². The number of hydrogen-bond acceptors (Lipinski definition) is 6. The molecule has 0 aliphatic heterocycles. The number of aryl methyl sites for hydroxylation is 2. The van der Waals surface area contributed by atoms with E-state index in [1.54, 1.807) is 12.1 Å². The molecule has 0 fully saturated rings. The van der Waals surface area contributed by atoms with Gasteiger partial charge in [0.15, 0.2) is 18.1 Å². The lowest BCUT2D eigenvalue weighted by Gasteiger charge is -2.14. The van der Waals surface area contributed by atoms with Crippen molar-refractivity contribution in [2.45, 2.75) is 13.8 Å². The smallest absolute Gasteiger partial charge is 0.258 e. The number of hydrogen-bond donors (Lipinski definition) is 2. The maximum atomic E-state index is 12.4. The van der Waals surface area contributed by atoms with Crippen molar-refractivity contribution in [1.82, 2.24) is 10.6 Å². The van der Waals surface area contributed by atoms with Crippen molar-refractivity contribution in [2.24, 2.45) is 0 Å². The van der Waals surface area contributed by atoms with Gasteiger partial charge in [-0.15, -0.1) is 0 Å². The number of benzene rings is 2. The van der Waals surface area contributed by atoms with Crippen LogP contribution in [-0.2, 0) is 4.79 Å². The fraction of sp³-hybridized carbons (Fsp3) is 0.364. The highest BCUT2D eigenvalue weighted by molar-refractivity contribution is 5.95. The third-order valence-corrected chi connectivity index (χ3v) is 4.35. The van der Waals surface area contributed by atoms with E-state index in [0.717, 1.165) is 11.1 Å². The summed E-state index contributed by atoms with van der Waals surface area (Å²) < 4.78 is 21.3. The highest BCUT2D eigenvalue weighted by Gasteiger charge is 2.16. The second-order valence-electron chi connectivity index (χ2n) is 6.58. The normalized spacial score (nSPS) is 10.2. The summed E-state index contributed by atoms with van der Waals surface area (Å²) in [6.45, 7) is 4.36. The standard InChI is InChI=1S/C22H28N2O6/c1-14-6-7-17(15(2)10-14)30-13-20(25)23-8-9-24-22(26)16-11-18(27-3)21(29-5)19(12-16)28-4/h6-7,10-12H,8-9,13H2,1-5H3,(H,23,25)(H,24,26). The molecule has 30 heavy (non-hydrogen) atoms. The van der Waals surface area contributed by atoms with Gasteiger partial charge in [0.25, 0.3) is 11.8 Å². The molecule has 0 heterocycles. The van der Waals surface area contributed by atoms with Crippen LogP contribution in [0.25, 0.3) is 0 Å². The van der Waals surface area contributed by atoms with Crippen LogP contribution >= 0.6 is 0 Å². The van der Waals surface area contributed by atoms with Crippen LogP contribution in [0.4, 0.5) is 0 Å². The predicted octanol–water partition coefficient (Wildman–Crippen LogP) is 2.25. The van der Waals surface area contributed by atoms with Crippen LogP contribution in [0.3, 0.4) is 0 Å². The van der Waals surface area contributed by atoms with E-state index in [1.807, 2.05) is 32.0 Å². The molecule has 2 N–H and O–H groups in total. The summed E-state index contributed by atoms with van der Waals surface area (Å²) >= 11 is 0. The Hall–Kier alpha value is -3.42. The second-order valence-corrected chi connectivity index (χ2v) is 6.58. The number of rotatable bonds is 10. The average Bonchev–Trinajstić information content (AvgIpc) is 2.74. The Bertz CT molecular complexity index is 872. The first-order chi connectivity index (χ1) is 14.4. The topological polar surface area (TPSA) is 95.1 Å². The van der Waals surface area contributed by atoms with Crippen LogP contribution in [0, 0.1) is 13.8 Å². The Morgan fingerprint density at radius 1 is 0.833 bits per heavy atom. The Kier molecular flexibility index (Phi) is 8.34. The number of carbonyl (C=O) groups excluding carboxylic acids is 2. The van der Waals surface area contributed by atoms with Crippen molar-refractivity contribution < 1.29 is 28.5 Å². The van der Waals surface area contributed by atoms with Crippen molar-refractivity contribution in [1.29, 1.82) is 0 Å². The number of carbonyl (C=O) groups is 2. The quantitative estimate of drug-likeness (QED) is 0.577. The van der Waals surface area contributed by atoms with Gasteiger partial charge in [-0.25, -0.2) is 0 Å². The zero-order valence-corrected chi connectivity index (χ0v) is 18.0. The monoisotopic (exact) mass is 416 g/mol. The summed E-state index contributed by atoms with van der Waals surface area (Å²) in [4.78, 5) is 24.4. The van der Waals surface area contributed by atoms with Gasteiger partial charge in [0.1, 0.15) is 5.75 Å². The SMILES string of the molecule is COc1cc(C(=O)NCCNC(=O)COc2ccc(C)cc2C)cc(OC)c1OC. The molecular formula is C22H28N2O6. The molecule has 162 valence electrons. The zero-order chi connectivity index (χ0) is 22.1. The van der Waals surface area contributed by atoms with Gasteiger partial charge in [-0.3, -0.25) is 9.59 Å². The van der Waals surface area contributed by atoms with E-state index in [4.69, 9.17) is 18.9 Å². The zero-order valence-electron chi connectivity index (χ0n) is 18.0. The van der Waals surface area contributed by atoms with Crippen molar-refractivity contribution in [3.63, 3.8) is 0 Å². The molecular weight excluding hydrogens is 388 g/mol. The first-order valence-electron chi connectivity index (χ1n) is 9.44. The molecule has 0 saturated heterocycles. The Labute approximate surface area is 176 Å². The third-order valence-electron chi connectivity index (χ3n) is 4.35. The minimum atomic E-state index is -0.324. The molecule has 0 spiro atoms. The van der Waals surface area contributed by atoms with E-state index in [9.17, 15) is 9.59 Å². The molecule has 0 aliphatic carbocycles. The lowest BCUT2D eigenvalue weighted by atomic mass is 10.1. The number of ether oxygens (including phenoxy) is 4. The number of amides is 2. The minimum absolute atomic E-state index is 0.0925. The van der Waals surface area contributed by atoms with Crippen molar-refractivity contribution in [3.8, 4) is 23.0 Å². The molecule has 0 radical (unpaired) electrons. The van der Waals surface area contributed by atoms with Crippen LogP contribution in [-0.4, -0.2) is 52.8 Å². The molecule has 0 bridgehead atoms. The summed E-state index contributed by atoms with van der Waals surface area (Å²) in [7, 11) is 4.45. The molecule has 2 rings (SSSR count). The van der Waals surface area contributed by atoms with Gasteiger partial charge >= 0.3 is 0 Å². The summed E-state index contributed by atoms with van der Waals surface area (Å²) in [5, 5.41) is 5.44. The summed E-state index contributed by atoms with van der Waals surface area (Å²) in [5.41, 5.74) is 2.46. The molecule has 8 heteroatoms. The van der Waals surface area contributed by atoms with Gasteiger partial charge < -0.3 is 29.6 Å². The Balaban J connectivity index is 1.81. The lowest BCUT2D eigenvalue weighted by molar-refractivity contribution is -0.123. The van der Waals surface area contributed by atoms with Gasteiger partial charge in [0, 0.05) is 18.7 Å². The van der Waals surface area contributed by atoms with Crippen LogP contribution in [0.1, 0.15) is 21.5 Å². The van der Waals surface area contributed by atoms with E-state index < -0.39 is 0 Å². The molecule has 0 aromatic heterocycles. The number of nitrogens with one attached hydrogen (secondary N) is 2. The second kappa shape index (κ2) is 10.9. The van der Waals surface area contributed by atoms with Gasteiger partial charge in [0.05, 0.1) is 21.3 Å². The first-order valence-corrected chi connectivity index (χ1v) is 9.44. The predicted molar refractivity (Wildman–Crippen MR) is 113 cm³/mol. The maximum Gasteiger partial charge on any atom is 0.258 e. The van der Waals surface area contributed by atoms with Crippen molar-refractivity contribution in [3.05, 3.63) is 47.0 Å².